The Balaban J connectivity index is 1.43. The molecule has 2 aromatic heterocycles. The van der Waals surface area contributed by atoms with E-state index in [1.54, 1.807) is 16.9 Å². The molecule has 6 heteroatoms. The average Bonchev–Trinajstić information content (AvgIpc) is 2.81. The maximum atomic E-state index is 12.1. The summed E-state index contributed by atoms with van der Waals surface area (Å²) in [5, 5.41) is 10.5. The van der Waals surface area contributed by atoms with E-state index in [2.05, 4.69) is 20.7 Å². The fourth-order valence-corrected chi connectivity index (χ4v) is 3.10. The highest BCUT2D eigenvalue weighted by molar-refractivity contribution is 5.82. The number of fused-ring (bicyclic) bond motifs is 2. The van der Waals surface area contributed by atoms with Gasteiger partial charge < -0.3 is 10.6 Å². The Labute approximate surface area is 110 Å². The van der Waals surface area contributed by atoms with Crippen molar-refractivity contribution in [2.45, 2.75) is 6.54 Å². The first-order chi connectivity index (χ1) is 9.34. The van der Waals surface area contributed by atoms with E-state index in [1.165, 1.54) is 0 Å². The van der Waals surface area contributed by atoms with Crippen LogP contribution in [-0.2, 0) is 11.3 Å². The summed E-state index contributed by atoms with van der Waals surface area (Å²) in [7, 11) is 0. The Kier molecular flexibility index (Phi) is 2.32. The van der Waals surface area contributed by atoms with Gasteiger partial charge in [0.2, 0.25) is 5.91 Å². The Bertz CT molecular complexity index is 627. The zero-order valence-electron chi connectivity index (χ0n) is 10.4. The van der Waals surface area contributed by atoms with Gasteiger partial charge in [0, 0.05) is 12.1 Å². The first-order valence-electron chi connectivity index (χ1n) is 6.60. The lowest BCUT2D eigenvalue weighted by molar-refractivity contribution is -0.123. The van der Waals surface area contributed by atoms with Gasteiger partial charge in [-0.15, -0.1) is 0 Å². The highest BCUT2D eigenvalue weighted by Gasteiger charge is 2.56. The van der Waals surface area contributed by atoms with Gasteiger partial charge in [0.15, 0.2) is 5.65 Å². The molecule has 3 atom stereocenters. The van der Waals surface area contributed by atoms with E-state index in [0.717, 1.165) is 24.4 Å². The molecule has 0 aromatic carbocycles. The first-order valence-corrected chi connectivity index (χ1v) is 6.60. The zero-order chi connectivity index (χ0) is 12.8. The van der Waals surface area contributed by atoms with Gasteiger partial charge in [0.1, 0.15) is 0 Å². The van der Waals surface area contributed by atoms with E-state index in [0.29, 0.717) is 18.4 Å². The van der Waals surface area contributed by atoms with Crippen molar-refractivity contribution in [3.8, 4) is 0 Å². The molecule has 1 unspecified atom stereocenters. The number of aromatic nitrogens is 3. The minimum atomic E-state index is 0.169. The zero-order valence-corrected chi connectivity index (χ0v) is 10.4. The third-order valence-corrected chi connectivity index (χ3v) is 4.19. The van der Waals surface area contributed by atoms with E-state index in [1.807, 2.05) is 12.1 Å². The third-order valence-electron chi connectivity index (χ3n) is 4.19. The molecule has 2 fully saturated rings. The van der Waals surface area contributed by atoms with Crippen molar-refractivity contribution in [3.05, 3.63) is 30.2 Å². The lowest BCUT2D eigenvalue weighted by Crippen LogP contribution is -2.29. The number of nitrogens with zero attached hydrogens (tertiary/aromatic N) is 3. The summed E-state index contributed by atoms with van der Waals surface area (Å²) in [5.74, 6) is 1.50. The minimum absolute atomic E-state index is 0.169. The van der Waals surface area contributed by atoms with Crippen molar-refractivity contribution in [1.82, 2.24) is 25.2 Å². The van der Waals surface area contributed by atoms with E-state index in [4.69, 9.17) is 0 Å². The summed E-state index contributed by atoms with van der Waals surface area (Å²) in [6.07, 6.45) is 3.48. The minimum Gasteiger partial charge on any atom is -0.350 e. The molecule has 1 saturated carbocycles. The number of carbonyl (C=O) groups is 1. The number of carbonyl (C=O) groups excluding carboxylic acids is 1. The van der Waals surface area contributed by atoms with Crippen LogP contribution in [0.1, 0.15) is 5.69 Å². The van der Waals surface area contributed by atoms with Crippen molar-refractivity contribution >= 4 is 11.6 Å². The van der Waals surface area contributed by atoms with Crippen LogP contribution in [0, 0.1) is 17.8 Å². The van der Waals surface area contributed by atoms with Gasteiger partial charge >= 0.3 is 0 Å². The van der Waals surface area contributed by atoms with E-state index < -0.39 is 0 Å². The Morgan fingerprint density at radius 1 is 1.47 bits per heavy atom. The second-order valence-corrected chi connectivity index (χ2v) is 5.27. The van der Waals surface area contributed by atoms with Crippen molar-refractivity contribution < 1.29 is 4.79 Å². The Hall–Kier alpha value is -1.95. The van der Waals surface area contributed by atoms with E-state index >= 15 is 0 Å². The summed E-state index contributed by atoms with van der Waals surface area (Å²) < 4.78 is 1.76. The molecule has 3 heterocycles. The molecule has 2 aromatic rings. The summed E-state index contributed by atoms with van der Waals surface area (Å²) in [6, 6.07) is 3.75. The topological polar surface area (TPSA) is 71.3 Å². The molecular weight excluding hydrogens is 242 g/mol. The molecule has 1 aliphatic heterocycles. The number of rotatable bonds is 3. The van der Waals surface area contributed by atoms with Gasteiger partial charge in [-0.1, -0.05) is 0 Å². The van der Waals surface area contributed by atoms with Gasteiger partial charge in [-0.25, -0.2) is 9.50 Å². The normalized spacial score (nSPS) is 28.3. The number of imidazole rings is 1. The van der Waals surface area contributed by atoms with Crippen LogP contribution in [0.2, 0.25) is 0 Å². The maximum Gasteiger partial charge on any atom is 0.224 e. The van der Waals surface area contributed by atoms with Crippen molar-refractivity contribution in [2.24, 2.45) is 17.8 Å². The van der Waals surface area contributed by atoms with Gasteiger partial charge in [0.25, 0.3) is 0 Å². The van der Waals surface area contributed by atoms with Crippen molar-refractivity contribution in [1.29, 1.82) is 0 Å². The van der Waals surface area contributed by atoms with Crippen LogP contribution in [-0.4, -0.2) is 33.6 Å². The molecule has 0 spiro atoms. The predicted octanol–water partition coefficient (Wildman–Crippen LogP) is -0.189. The third kappa shape index (κ3) is 1.71. The molecule has 2 N–H and O–H groups in total. The SMILES string of the molecule is O=C(NCc1cnc2cccnn12)C1[C@H]2CNC[C@@H]12. The molecule has 1 aliphatic carbocycles. The quantitative estimate of drug-likeness (QED) is 0.799. The summed E-state index contributed by atoms with van der Waals surface area (Å²) in [4.78, 5) is 16.3. The van der Waals surface area contributed by atoms with Gasteiger partial charge in [-0.3, -0.25) is 4.79 Å². The van der Waals surface area contributed by atoms with Crippen molar-refractivity contribution in [2.75, 3.05) is 13.1 Å². The van der Waals surface area contributed by atoms with Crippen LogP contribution >= 0.6 is 0 Å². The predicted molar refractivity (Wildman–Crippen MR) is 68.2 cm³/mol. The monoisotopic (exact) mass is 257 g/mol. The summed E-state index contributed by atoms with van der Waals surface area (Å²) >= 11 is 0. The highest BCUT2D eigenvalue weighted by Crippen LogP contribution is 2.48. The Morgan fingerprint density at radius 3 is 3.16 bits per heavy atom. The molecule has 19 heavy (non-hydrogen) atoms. The lowest BCUT2D eigenvalue weighted by Gasteiger charge is -2.06. The summed E-state index contributed by atoms with van der Waals surface area (Å²) in [5.41, 5.74) is 1.71. The van der Waals surface area contributed by atoms with Gasteiger partial charge in [-0.2, -0.15) is 5.10 Å². The molecule has 6 nitrogen and oxygen atoms in total. The van der Waals surface area contributed by atoms with Crippen LogP contribution in [0.3, 0.4) is 0 Å². The number of hydrogen-bond donors (Lipinski definition) is 2. The molecule has 1 amide bonds. The summed E-state index contributed by atoms with van der Waals surface area (Å²) in [6.45, 7) is 2.46. The Morgan fingerprint density at radius 2 is 2.32 bits per heavy atom. The largest absolute Gasteiger partial charge is 0.350 e. The standard InChI is InChI=1S/C13H15N5O/c19-13(12-9-6-14-7-10(9)12)16-5-8-4-15-11-2-1-3-17-18(8)11/h1-4,9-10,12,14H,5-7H2,(H,16,19)/t9-,10+,12?. The van der Waals surface area contributed by atoms with Crippen LogP contribution in [0.25, 0.3) is 5.65 Å². The first kappa shape index (κ1) is 10.9. The highest BCUT2D eigenvalue weighted by atomic mass is 16.2. The number of nitrogens with one attached hydrogen (secondary N) is 2. The van der Waals surface area contributed by atoms with Crippen molar-refractivity contribution in [3.63, 3.8) is 0 Å². The van der Waals surface area contributed by atoms with E-state index in [-0.39, 0.29) is 11.8 Å². The van der Waals surface area contributed by atoms with Gasteiger partial charge in [-0.05, 0) is 37.1 Å². The lowest BCUT2D eigenvalue weighted by atomic mass is 10.2. The molecule has 0 radical (unpaired) electrons. The van der Waals surface area contributed by atoms with Gasteiger partial charge in [0.05, 0.1) is 18.4 Å². The van der Waals surface area contributed by atoms with E-state index in [9.17, 15) is 4.79 Å². The van der Waals surface area contributed by atoms with Crippen LogP contribution < -0.4 is 10.6 Å². The number of amides is 1. The van der Waals surface area contributed by atoms with Crippen LogP contribution in [0.4, 0.5) is 0 Å². The molecule has 1 saturated heterocycles. The molecule has 0 bridgehead atoms. The molecule has 98 valence electrons. The maximum absolute atomic E-state index is 12.1. The number of piperidine rings is 1. The number of hydrogen-bond acceptors (Lipinski definition) is 4. The second-order valence-electron chi connectivity index (χ2n) is 5.27. The molecule has 2 aliphatic rings. The molecule has 4 rings (SSSR count). The van der Waals surface area contributed by atoms with Crippen LogP contribution in [0.15, 0.2) is 24.5 Å². The second kappa shape index (κ2) is 4.03. The smallest absolute Gasteiger partial charge is 0.224 e. The fourth-order valence-electron chi connectivity index (χ4n) is 3.10. The average molecular weight is 257 g/mol. The molecular formula is C13H15N5O. The fraction of sp³-hybridized carbons (Fsp3) is 0.462. The van der Waals surface area contributed by atoms with Crippen LogP contribution in [0.5, 0.6) is 0 Å².